The minimum Gasteiger partial charge on any atom is -0.481 e. The largest absolute Gasteiger partial charge is 0.481 e. The van der Waals surface area contributed by atoms with Crippen molar-refractivity contribution in [2.75, 3.05) is 20.3 Å². The molecule has 1 aliphatic carbocycles. The van der Waals surface area contributed by atoms with Crippen molar-refractivity contribution < 1.29 is 9.47 Å². The summed E-state index contributed by atoms with van der Waals surface area (Å²) in [5, 5.41) is 0. The zero-order valence-electron chi connectivity index (χ0n) is 10.8. The third kappa shape index (κ3) is 2.56. The van der Waals surface area contributed by atoms with Gasteiger partial charge < -0.3 is 9.47 Å². The van der Waals surface area contributed by atoms with Gasteiger partial charge in [-0.3, -0.25) is 0 Å². The minimum absolute atomic E-state index is 0.543. The zero-order valence-corrected chi connectivity index (χ0v) is 10.8. The summed E-state index contributed by atoms with van der Waals surface area (Å²) in [6.45, 7) is 1.72. The van der Waals surface area contributed by atoms with E-state index in [9.17, 15) is 0 Å². The van der Waals surface area contributed by atoms with Crippen LogP contribution >= 0.6 is 0 Å². The fourth-order valence-electron chi connectivity index (χ4n) is 2.37. The molecule has 0 N–H and O–H groups in total. The summed E-state index contributed by atoms with van der Waals surface area (Å²) in [5.74, 6) is 2.01. The average Bonchev–Trinajstić information content (AvgIpc) is 3.12. The van der Waals surface area contributed by atoms with E-state index in [1.165, 1.54) is 18.4 Å². The van der Waals surface area contributed by atoms with Crippen molar-refractivity contribution in [2.45, 2.75) is 25.2 Å². The monoisotopic (exact) mass is 245 g/mol. The van der Waals surface area contributed by atoms with Crippen LogP contribution in [0.25, 0.3) is 6.08 Å². The highest BCUT2D eigenvalue weighted by Crippen LogP contribution is 2.43. The number of nitrogens with zero attached hydrogens (tertiary/aromatic N) is 1. The van der Waals surface area contributed by atoms with Gasteiger partial charge in [0.25, 0.3) is 0 Å². The normalized spacial score (nSPS) is 23.7. The van der Waals surface area contributed by atoms with E-state index in [4.69, 9.17) is 9.47 Å². The van der Waals surface area contributed by atoms with Gasteiger partial charge in [0.05, 0.1) is 19.4 Å². The van der Waals surface area contributed by atoms with Gasteiger partial charge in [-0.2, -0.15) is 0 Å². The van der Waals surface area contributed by atoms with E-state index in [1.807, 2.05) is 0 Å². The Labute approximate surface area is 108 Å². The number of hydrogen-bond acceptors (Lipinski definition) is 3. The van der Waals surface area contributed by atoms with E-state index in [0.717, 1.165) is 31.2 Å². The summed E-state index contributed by atoms with van der Waals surface area (Å²) in [4.78, 5) is 4.56. The molecular formula is C15H19NO2. The van der Waals surface area contributed by atoms with E-state index < -0.39 is 0 Å². The molecule has 0 spiro atoms. The third-order valence-corrected chi connectivity index (χ3v) is 3.63. The van der Waals surface area contributed by atoms with Crippen LogP contribution in [0, 0.1) is 5.92 Å². The van der Waals surface area contributed by atoms with Gasteiger partial charge in [-0.1, -0.05) is 12.1 Å². The van der Waals surface area contributed by atoms with E-state index in [1.54, 1.807) is 7.11 Å². The van der Waals surface area contributed by atoms with Crippen molar-refractivity contribution in [3.05, 3.63) is 29.5 Å². The SMILES string of the molecule is COc1nc(/C=C/C2CCOC2)ccc1C1CC1. The van der Waals surface area contributed by atoms with Crippen LogP contribution < -0.4 is 4.74 Å². The average molecular weight is 245 g/mol. The maximum atomic E-state index is 5.39. The highest BCUT2D eigenvalue weighted by Gasteiger charge is 2.27. The standard InChI is InChI=1S/C15H19NO2/c1-17-15-14(12-3-4-12)7-6-13(16-15)5-2-11-8-9-18-10-11/h2,5-7,11-12H,3-4,8-10H2,1H3/b5-2+. The third-order valence-electron chi connectivity index (χ3n) is 3.63. The molecule has 3 nitrogen and oxygen atoms in total. The molecule has 1 atom stereocenters. The lowest BCUT2D eigenvalue weighted by molar-refractivity contribution is 0.191. The molecule has 18 heavy (non-hydrogen) atoms. The Bertz CT molecular complexity index is 446. The van der Waals surface area contributed by atoms with Crippen LogP contribution in [0.5, 0.6) is 5.88 Å². The molecule has 2 fully saturated rings. The van der Waals surface area contributed by atoms with Crippen LogP contribution in [0.1, 0.15) is 36.4 Å². The molecule has 1 saturated carbocycles. The van der Waals surface area contributed by atoms with Gasteiger partial charge in [-0.05, 0) is 37.3 Å². The summed E-state index contributed by atoms with van der Waals surface area (Å²) in [6.07, 6.45) is 7.94. The molecule has 1 saturated heterocycles. The first kappa shape index (κ1) is 11.7. The van der Waals surface area contributed by atoms with E-state index in [0.29, 0.717) is 11.8 Å². The van der Waals surface area contributed by atoms with Crippen LogP contribution in [0.2, 0.25) is 0 Å². The second-order valence-corrected chi connectivity index (χ2v) is 5.09. The lowest BCUT2D eigenvalue weighted by Crippen LogP contribution is -1.96. The van der Waals surface area contributed by atoms with Gasteiger partial charge in [0, 0.05) is 18.1 Å². The van der Waals surface area contributed by atoms with Crippen molar-refractivity contribution in [2.24, 2.45) is 5.92 Å². The van der Waals surface area contributed by atoms with Gasteiger partial charge >= 0.3 is 0 Å². The quantitative estimate of drug-likeness (QED) is 0.817. The van der Waals surface area contributed by atoms with E-state index >= 15 is 0 Å². The summed E-state index contributed by atoms with van der Waals surface area (Å²) in [5.41, 5.74) is 2.24. The van der Waals surface area contributed by atoms with Crippen LogP contribution in [0.4, 0.5) is 0 Å². The Morgan fingerprint density at radius 3 is 2.89 bits per heavy atom. The number of rotatable bonds is 4. The molecule has 2 aliphatic rings. The Morgan fingerprint density at radius 1 is 1.33 bits per heavy atom. The lowest BCUT2D eigenvalue weighted by Gasteiger charge is -2.07. The van der Waals surface area contributed by atoms with Gasteiger partial charge in [0.2, 0.25) is 5.88 Å². The van der Waals surface area contributed by atoms with E-state index in [-0.39, 0.29) is 0 Å². The summed E-state index contributed by atoms with van der Waals surface area (Å²) >= 11 is 0. The summed E-state index contributed by atoms with van der Waals surface area (Å²) in [6, 6.07) is 4.25. The summed E-state index contributed by atoms with van der Waals surface area (Å²) < 4.78 is 10.7. The number of ether oxygens (including phenoxy) is 2. The smallest absolute Gasteiger partial charge is 0.217 e. The molecule has 0 bridgehead atoms. The molecule has 3 rings (SSSR count). The Balaban J connectivity index is 1.75. The fraction of sp³-hybridized carbons (Fsp3) is 0.533. The zero-order chi connectivity index (χ0) is 12.4. The summed E-state index contributed by atoms with van der Waals surface area (Å²) in [7, 11) is 1.70. The van der Waals surface area contributed by atoms with Crippen molar-refractivity contribution in [3.63, 3.8) is 0 Å². The van der Waals surface area contributed by atoms with Crippen molar-refractivity contribution in [1.29, 1.82) is 0 Å². The first-order valence-corrected chi connectivity index (χ1v) is 6.67. The predicted molar refractivity (Wildman–Crippen MR) is 70.7 cm³/mol. The Morgan fingerprint density at radius 2 is 2.22 bits per heavy atom. The number of hydrogen-bond donors (Lipinski definition) is 0. The van der Waals surface area contributed by atoms with Gasteiger partial charge in [-0.25, -0.2) is 4.98 Å². The van der Waals surface area contributed by atoms with Crippen molar-refractivity contribution >= 4 is 6.08 Å². The van der Waals surface area contributed by atoms with Crippen LogP contribution in [0.3, 0.4) is 0 Å². The first-order chi connectivity index (χ1) is 8.86. The van der Waals surface area contributed by atoms with E-state index in [2.05, 4.69) is 29.3 Å². The second kappa shape index (κ2) is 5.11. The number of methoxy groups -OCH3 is 1. The molecule has 0 amide bonds. The maximum Gasteiger partial charge on any atom is 0.217 e. The Kier molecular flexibility index (Phi) is 3.33. The fourth-order valence-corrected chi connectivity index (χ4v) is 2.37. The molecule has 1 aromatic heterocycles. The number of pyridine rings is 1. The van der Waals surface area contributed by atoms with Crippen LogP contribution in [-0.2, 0) is 4.74 Å². The van der Waals surface area contributed by atoms with Gasteiger partial charge in [-0.15, -0.1) is 0 Å². The van der Waals surface area contributed by atoms with Gasteiger partial charge in [0.1, 0.15) is 0 Å². The first-order valence-electron chi connectivity index (χ1n) is 6.67. The van der Waals surface area contributed by atoms with Crippen molar-refractivity contribution in [3.8, 4) is 5.88 Å². The van der Waals surface area contributed by atoms with Crippen LogP contribution in [-0.4, -0.2) is 25.3 Å². The second-order valence-electron chi connectivity index (χ2n) is 5.09. The molecule has 1 unspecified atom stereocenters. The molecule has 0 radical (unpaired) electrons. The molecule has 2 heterocycles. The minimum atomic E-state index is 0.543. The maximum absolute atomic E-state index is 5.39. The predicted octanol–water partition coefficient (Wildman–Crippen LogP) is 3.02. The molecule has 96 valence electrons. The highest BCUT2D eigenvalue weighted by molar-refractivity contribution is 5.48. The highest BCUT2D eigenvalue weighted by atomic mass is 16.5. The topological polar surface area (TPSA) is 31.4 Å². The molecule has 3 heteroatoms. The Hall–Kier alpha value is -1.35. The number of aromatic nitrogens is 1. The van der Waals surface area contributed by atoms with Crippen LogP contribution in [0.15, 0.2) is 18.2 Å². The van der Waals surface area contributed by atoms with Crippen molar-refractivity contribution in [1.82, 2.24) is 4.98 Å². The molecule has 0 aromatic carbocycles. The molecule has 1 aromatic rings. The van der Waals surface area contributed by atoms with Gasteiger partial charge in [0.15, 0.2) is 0 Å². The molecule has 1 aliphatic heterocycles. The molecular weight excluding hydrogens is 226 g/mol. The lowest BCUT2D eigenvalue weighted by atomic mass is 10.1.